The third kappa shape index (κ3) is 3.37. The highest BCUT2D eigenvalue weighted by atomic mass is 32.2. The fraction of sp³-hybridized carbons (Fsp3) is 0.0667. The number of nitrogens with zero attached hydrogens (tertiary/aromatic N) is 2. The molecule has 0 amide bonds. The Morgan fingerprint density at radius 2 is 1.87 bits per heavy atom. The zero-order chi connectivity index (χ0) is 16.4. The second kappa shape index (κ2) is 5.81. The number of hydrogen-bond acceptors (Lipinski definition) is 6. The van der Waals surface area contributed by atoms with Gasteiger partial charge in [-0.3, -0.25) is 0 Å². The van der Waals surface area contributed by atoms with E-state index in [-0.39, 0.29) is 10.6 Å². The monoisotopic (exact) mass is 334 g/mol. The van der Waals surface area contributed by atoms with Gasteiger partial charge in [0, 0.05) is 12.5 Å². The van der Waals surface area contributed by atoms with Crippen molar-refractivity contribution >= 4 is 10.1 Å². The molecule has 0 aliphatic carbocycles. The molecule has 3 aromatic rings. The predicted octanol–water partition coefficient (Wildman–Crippen LogP) is 2.95. The lowest BCUT2D eigenvalue weighted by Gasteiger charge is -2.07. The first kappa shape index (κ1) is 15.2. The minimum absolute atomic E-state index is 0.0956. The summed E-state index contributed by atoms with van der Waals surface area (Å²) in [6.45, 7) is 1.67. The summed E-state index contributed by atoms with van der Waals surface area (Å²) in [4.78, 5) is 3.81. The summed E-state index contributed by atoms with van der Waals surface area (Å²) >= 11 is 0. The average Bonchev–Trinajstić information content (AvgIpc) is 2.94. The van der Waals surface area contributed by atoms with Crippen molar-refractivity contribution in [3.63, 3.8) is 0 Å². The van der Waals surface area contributed by atoms with E-state index in [2.05, 4.69) is 10.1 Å². The lowest BCUT2D eigenvalue weighted by atomic mass is 10.2. The van der Waals surface area contributed by atoms with E-state index in [1.807, 2.05) is 0 Å². The van der Waals surface area contributed by atoms with Gasteiger partial charge in [-0.15, -0.1) is 0 Å². The first-order valence-corrected chi connectivity index (χ1v) is 7.96. The van der Waals surface area contributed by atoms with Crippen molar-refractivity contribution in [3.8, 4) is 17.1 Å². The maximum atomic E-state index is 13.1. The SMILES string of the molecule is Cc1nc(-c2ccc(OS(=O)(=O)c3cccc(F)c3)cc2)no1. The van der Waals surface area contributed by atoms with E-state index in [0.717, 1.165) is 12.1 Å². The molecule has 0 spiro atoms. The molecule has 8 heteroatoms. The van der Waals surface area contributed by atoms with Crippen LogP contribution in [0.5, 0.6) is 5.75 Å². The Bertz CT molecular complexity index is 936. The third-order valence-corrected chi connectivity index (χ3v) is 4.17. The van der Waals surface area contributed by atoms with Crippen molar-refractivity contribution in [2.45, 2.75) is 11.8 Å². The van der Waals surface area contributed by atoms with Crippen molar-refractivity contribution < 1.29 is 21.5 Å². The van der Waals surface area contributed by atoms with Crippen LogP contribution in [-0.4, -0.2) is 18.6 Å². The first-order chi connectivity index (χ1) is 10.9. The zero-order valence-electron chi connectivity index (χ0n) is 11.9. The maximum Gasteiger partial charge on any atom is 0.339 e. The molecule has 0 fully saturated rings. The van der Waals surface area contributed by atoms with Crippen molar-refractivity contribution in [2.75, 3.05) is 0 Å². The summed E-state index contributed by atoms with van der Waals surface area (Å²) < 4.78 is 47.2. The number of halogens is 1. The van der Waals surface area contributed by atoms with Crippen LogP contribution in [0, 0.1) is 12.7 Å². The minimum Gasteiger partial charge on any atom is -0.379 e. The number of hydrogen-bond donors (Lipinski definition) is 0. The van der Waals surface area contributed by atoms with Gasteiger partial charge in [-0.1, -0.05) is 11.2 Å². The highest BCUT2D eigenvalue weighted by Crippen LogP contribution is 2.23. The quantitative estimate of drug-likeness (QED) is 0.682. The summed E-state index contributed by atoms with van der Waals surface area (Å²) in [5, 5.41) is 3.76. The summed E-state index contributed by atoms with van der Waals surface area (Å²) in [5.74, 6) is 0.256. The summed E-state index contributed by atoms with van der Waals surface area (Å²) in [6, 6.07) is 10.7. The highest BCUT2D eigenvalue weighted by Gasteiger charge is 2.17. The molecule has 0 saturated heterocycles. The van der Waals surface area contributed by atoms with Crippen LogP contribution in [0.15, 0.2) is 57.9 Å². The molecule has 0 radical (unpaired) electrons. The van der Waals surface area contributed by atoms with E-state index < -0.39 is 15.9 Å². The Balaban J connectivity index is 1.83. The summed E-state index contributed by atoms with van der Waals surface area (Å²) in [6.07, 6.45) is 0. The van der Waals surface area contributed by atoms with E-state index >= 15 is 0 Å². The van der Waals surface area contributed by atoms with Gasteiger partial charge in [0.25, 0.3) is 0 Å². The smallest absolute Gasteiger partial charge is 0.339 e. The molecule has 0 aliphatic rings. The topological polar surface area (TPSA) is 82.3 Å². The fourth-order valence-corrected chi connectivity index (χ4v) is 2.84. The van der Waals surface area contributed by atoms with Gasteiger partial charge >= 0.3 is 10.1 Å². The Morgan fingerprint density at radius 1 is 1.13 bits per heavy atom. The van der Waals surface area contributed by atoms with Crippen LogP contribution in [0.1, 0.15) is 5.89 Å². The van der Waals surface area contributed by atoms with E-state index in [4.69, 9.17) is 8.71 Å². The largest absolute Gasteiger partial charge is 0.379 e. The van der Waals surface area contributed by atoms with Crippen molar-refractivity contribution in [2.24, 2.45) is 0 Å². The first-order valence-electron chi connectivity index (χ1n) is 6.55. The van der Waals surface area contributed by atoms with E-state index in [1.165, 1.54) is 24.3 Å². The zero-order valence-corrected chi connectivity index (χ0v) is 12.7. The third-order valence-electron chi connectivity index (χ3n) is 2.93. The summed E-state index contributed by atoms with van der Waals surface area (Å²) in [5.41, 5.74) is 0.650. The van der Waals surface area contributed by atoms with Crippen LogP contribution in [0.4, 0.5) is 4.39 Å². The molecule has 3 rings (SSSR count). The predicted molar refractivity (Wildman–Crippen MR) is 78.7 cm³/mol. The molecule has 0 unspecified atom stereocenters. The standard InChI is InChI=1S/C15H11FN2O4S/c1-10-17-15(18-21-10)11-5-7-13(8-6-11)22-23(19,20)14-4-2-3-12(16)9-14/h2-9H,1H3. The lowest BCUT2D eigenvalue weighted by molar-refractivity contribution is 0.394. The van der Waals surface area contributed by atoms with Gasteiger partial charge in [-0.05, 0) is 42.5 Å². The molecule has 0 atom stereocenters. The van der Waals surface area contributed by atoms with E-state index in [0.29, 0.717) is 17.3 Å². The Kier molecular flexibility index (Phi) is 3.83. The number of aromatic nitrogens is 2. The molecule has 0 bridgehead atoms. The second-order valence-electron chi connectivity index (χ2n) is 4.66. The van der Waals surface area contributed by atoms with Gasteiger partial charge in [-0.2, -0.15) is 13.4 Å². The number of aryl methyl sites for hydroxylation is 1. The second-order valence-corrected chi connectivity index (χ2v) is 6.20. The Labute approximate surface area is 131 Å². The Morgan fingerprint density at radius 3 is 2.48 bits per heavy atom. The molecule has 1 heterocycles. The highest BCUT2D eigenvalue weighted by molar-refractivity contribution is 7.87. The van der Waals surface area contributed by atoms with Gasteiger partial charge in [0.1, 0.15) is 16.5 Å². The van der Waals surface area contributed by atoms with E-state index in [1.54, 1.807) is 19.1 Å². The average molecular weight is 334 g/mol. The molecule has 118 valence electrons. The van der Waals surface area contributed by atoms with Gasteiger partial charge < -0.3 is 8.71 Å². The van der Waals surface area contributed by atoms with Crippen molar-refractivity contribution in [3.05, 3.63) is 60.2 Å². The molecule has 23 heavy (non-hydrogen) atoms. The Hall–Kier alpha value is -2.74. The molecular weight excluding hydrogens is 323 g/mol. The van der Waals surface area contributed by atoms with Crippen LogP contribution in [0.2, 0.25) is 0 Å². The normalized spacial score (nSPS) is 11.4. The molecule has 6 nitrogen and oxygen atoms in total. The summed E-state index contributed by atoms with van der Waals surface area (Å²) in [7, 11) is -4.10. The van der Waals surface area contributed by atoms with Crippen LogP contribution in [0.25, 0.3) is 11.4 Å². The molecule has 1 aromatic heterocycles. The molecule has 0 N–H and O–H groups in total. The molecule has 0 saturated carbocycles. The van der Waals surface area contributed by atoms with Crippen molar-refractivity contribution in [1.29, 1.82) is 0 Å². The van der Waals surface area contributed by atoms with Crippen molar-refractivity contribution in [1.82, 2.24) is 10.1 Å². The van der Waals surface area contributed by atoms with Gasteiger partial charge in [-0.25, -0.2) is 4.39 Å². The lowest BCUT2D eigenvalue weighted by Crippen LogP contribution is -2.09. The molecule has 2 aromatic carbocycles. The number of benzene rings is 2. The van der Waals surface area contributed by atoms with Gasteiger partial charge in [0.2, 0.25) is 11.7 Å². The molecule has 0 aliphatic heterocycles. The van der Waals surface area contributed by atoms with Crippen LogP contribution < -0.4 is 4.18 Å². The van der Waals surface area contributed by atoms with Crippen LogP contribution in [-0.2, 0) is 10.1 Å². The number of rotatable bonds is 4. The fourth-order valence-electron chi connectivity index (χ4n) is 1.87. The van der Waals surface area contributed by atoms with Crippen LogP contribution >= 0.6 is 0 Å². The van der Waals surface area contributed by atoms with E-state index in [9.17, 15) is 12.8 Å². The minimum atomic E-state index is -4.10. The maximum absolute atomic E-state index is 13.1. The van der Waals surface area contributed by atoms with Gasteiger partial charge in [0.15, 0.2) is 0 Å². The van der Waals surface area contributed by atoms with Crippen LogP contribution in [0.3, 0.4) is 0 Å². The molecular formula is C15H11FN2O4S. The van der Waals surface area contributed by atoms with Gasteiger partial charge in [0.05, 0.1) is 0 Å².